The minimum absolute atomic E-state index is 0.175. The van der Waals surface area contributed by atoms with Crippen molar-refractivity contribution in [3.63, 3.8) is 0 Å². The summed E-state index contributed by atoms with van der Waals surface area (Å²) in [6.07, 6.45) is 3.43. The molecule has 0 bridgehead atoms. The second-order valence-electron chi connectivity index (χ2n) is 5.89. The molecular weight excluding hydrogens is 354 g/mol. The lowest BCUT2D eigenvalue weighted by Gasteiger charge is -2.16. The van der Waals surface area contributed by atoms with E-state index in [0.717, 1.165) is 22.9 Å². The van der Waals surface area contributed by atoms with Gasteiger partial charge in [0.2, 0.25) is 11.8 Å². The standard InChI is InChI=1S/C17H19N5O3S/c1-18-15(12-7-19-21(2)9-12)16(24)20-13-5-3-11(4-6-13)8-22-14(23)10-26-17(22)25/h3-7,9,15,18H,8,10H2,1-2H3,(H,20,24). The van der Waals surface area contributed by atoms with Crippen LogP contribution in [0.3, 0.4) is 0 Å². The van der Waals surface area contributed by atoms with Gasteiger partial charge in [-0.05, 0) is 24.7 Å². The Bertz CT molecular complexity index is 817. The van der Waals surface area contributed by atoms with Crippen molar-refractivity contribution in [1.82, 2.24) is 20.0 Å². The van der Waals surface area contributed by atoms with Crippen LogP contribution in [0.5, 0.6) is 0 Å². The highest BCUT2D eigenvalue weighted by Gasteiger charge is 2.29. The number of nitrogens with one attached hydrogen (secondary N) is 2. The molecular formula is C17H19N5O3S. The lowest BCUT2D eigenvalue weighted by molar-refractivity contribution is -0.125. The molecule has 136 valence electrons. The number of imide groups is 1. The fourth-order valence-electron chi connectivity index (χ4n) is 2.66. The molecule has 1 aliphatic rings. The van der Waals surface area contributed by atoms with Crippen molar-refractivity contribution in [3.05, 3.63) is 47.8 Å². The molecule has 2 heterocycles. The number of rotatable bonds is 6. The van der Waals surface area contributed by atoms with E-state index in [0.29, 0.717) is 5.69 Å². The Morgan fingerprint density at radius 2 is 2.04 bits per heavy atom. The minimum Gasteiger partial charge on any atom is -0.324 e. The van der Waals surface area contributed by atoms with Gasteiger partial charge in [-0.2, -0.15) is 5.10 Å². The van der Waals surface area contributed by atoms with E-state index in [4.69, 9.17) is 0 Å². The number of carbonyl (C=O) groups excluding carboxylic acids is 3. The van der Waals surface area contributed by atoms with Crippen molar-refractivity contribution in [2.45, 2.75) is 12.6 Å². The third-order valence-corrected chi connectivity index (χ3v) is 4.87. The predicted octanol–water partition coefficient (Wildman–Crippen LogP) is 1.51. The van der Waals surface area contributed by atoms with Crippen molar-refractivity contribution in [1.29, 1.82) is 0 Å². The van der Waals surface area contributed by atoms with Crippen molar-refractivity contribution < 1.29 is 14.4 Å². The molecule has 1 aliphatic heterocycles. The molecule has 1 fully saturated rings. The number of benzene rings is 1. The van der Waals surface area contributed by atoms with Gasteiger partial charge in [-0.3, -0.25) is 24.0 Å². The molecule has 8 nitrogen and oxygen atoms in total. The fourth-order valence-corrected chi connectivity index (χ4v) is 3.39. The second kappa shape index (κ2) is 7.71. The van der Waals surface area contributed by atoms with Crippen LogP contribution < -0.4 is 10.6 Å². The Morgan fingerprint density at radius 1 is 1.31 bits per heavy atom. The molecule has 0 aliphatic carbocycles. The summed E-state index contributed by atoms with van der Waals surface area (Å²) in [6, 6.07) is 6.57. The van der Waals surface area contributed by atoms with Crippen LogP contribution in [0.4, 0.5) is 10.5 Å². The highest BCUT2D eigenvalue weighted by molar-refractivity contribution is 8.14. The molecule has 0 radical (unpaired) electrons. The summed E-state index contributed by atoms with van der Waals surface area (Å²) >= 11 is 1.02. The molecule has 1 unspecified atom stereocenters. The van der Waals surface area contributed by atoms with E-state index in [2.05, 4.69) is 15.7 Å². The van der Waals surface area contributed by atoms with Crippen LogP contribution in [0.15, 0.2) is 36.7 Å². The second-order valence-corrected chi connectivity index (χ2v) is 6.82. The van der Waals surface area contributed by atoms with Crippen LogP contribution in [-0.4, -0.2) is 44.5 Å². The van der Waals surface area contributed by atoms with E-state index in [1.165, 1.54) is 4.90 Å². The van der Waals surface area contributed by atoms with Crippen molar-refractivity contribution in [2.24, 2.45) is 7.05 Å². The van der Waals surface area contributed by atoms with E-state index >= 15 is 0 Å². The summed E-state index contributed by atoms with van der Waals surface area (Å²) in [5, 5.41) is 9.68. The maximum atomic E-state index is 12.5. The molecule has 2 aromatic rings. The summed E-state index contributed by atoms with van der Waals surface area (Å²) in [7, 11) is 3.50. The molecule has 1 aromatic heterocycles. The molecule has 1 saturated heterocycles. The monoisotopic (exact) mass is 373 g/mol. The number of carbonyl (C=O) groups is 3. The Kier molecular flexibility index (Phi) is 5.38. The van der Waals surface area contributed by atoms with Crippen LogP contribution in [0.2, 0.25) is 0 Å². The molecule has 3 rings (SSSR count). The number of amides is 3. The zero-order valence-corrected chi connectivity index (χ0v) is 15.2. The van der Waals surface area contributed by atoms with Crippen molar-refractivity contribution in [3.8, 4) is 0 Å². The van der Waals surface area contributed by atoms with E-state index in [9.17, 15) is 14.4 Å². The zero-order valence-electron chi connectivity index (χ0n) is 14.4. The van der Waals surface area contributed by atoms with E-state index in [-0.39, 0.29) is 29.4 Å². The number of aromatic nitrogens is 2. The first-order chi connectivity index (χ1) is 12.5. The van der Waals surface area contributed by atoms with Gasteiger partial charge in [0.1, 0.15) is 6.04 Å². The Balaban J connectivity index is 1.64. The zero-order chi connectivity index (χ0) is 18.7. The summed E-state index contributed by atoms with van der Waals surface area (Å²) in [5.74, 6) is -0.174. The first-order valence-electron chi connectivity index (χ1n) is 8.00. The lowest BCUT2D eigenvalue weighted by Crippen LogP contribution is -2.30. The van der Waals surface area contributed by atoms with Gasteiger partial charge in [-0.1, -0.05) is 23.9 Å². The van der Waals surface area contributed by atoms with Crippen LogP contribution in [0.25, 0.3) is 0 Å². The predicted molar refractivity (Wildman–Crippen MR) is 98.5 cm³/mol. The smallest absolute Gasteiger partial charge is 0.289 e. The van der Waals surface area contributed by atoms with Gasteiger partial charge in [0.25, 0.3) is 5.24 Å². The summed E-state index contributed by atoms with van der Waals surface area (Å²) < 4.78 is 1.64. The number of anilines is 1. The number of likely N-dealkylation sites (N-methyl/N-ethyl adjacent to an activating group) is 1. The Morgan fingerprint density at radius 3 is 2.58 bits per heavy atom. The number of thioether (sulfide) groups is 1. The Labute approximate surface area is 154 Å². The van der Waals surface area contributed by atoms with Gasteiger partial charge in [0, 0.05) is 24.5 Å². The maximum absolute atomic E-state index is 12.5. The highest BCUT2D eigenvalue weighted by Crippen LogP contribution is 2.22. The van der Waals surface area contributed by atoms with Crippen LogP contribution in [0.1, 0.15) is 17.2 Å². The summed E-state index contributed by atoms with van der Waals surface area (Å²) in [5.41, 5.74) is 2.23. The summed E-state index contributed by atoms with van der Waals surface area (Å²) in [4.78, 5) is 37.0. The molecule has 2 N–H and O–H groups in total. The normalized spacial score (nSPS) is 15.4. The number of nitrogens with zero attached hydrogens (tertiary/aromatic N) is 3. The first-order valence-corrected chi connectivity index (χ1v) is 8.99. The molecule has 3 amide bonds. The quantitative estimate of drug-likeness (QED) is 0.797. The van der Waals surface area contributed by atoms with Gasteiger partial charge in [-0.15, -0.1) is 0 Å². The van der Waals surface area contributed by atoms with Gasteiger partial charge >= 0.3 is 0 Å². The van der Waals surface area contributed by atoms with Crippen molar-refractivity contribution >= 4 is 34.5 Å². The van der Waals surface area contributed by atoms with Crippen LogP contribution in [-0.2, 0) is 23.2 Å². The van der Waals surface area contributed by atoms with Crippen LogP contribution in [0, 0.1) is 0 Å². The van der Waals surface area contributed by atoms with E-state index < -0.39 is 6.04 Å². The molecule has 9 heteroatoms. The average molecular weight is 373 g/mol. The summed E-state index contributed by atoms with van der Waals surface area (Å²) in [6.45, 7) is 0.244. The van der Waals surface area contributed by atoms with E-state index in [1.807, 2.05) is 0 Å². The van der Waals surface area contributed by atoms with Crippen molar-refractivity contribution in [2.75, 3.05) is 18.1 Å². The number of hydrogen-bond acceptors (Lipinski definition) is 6. The third-order valence-electron chi connectivity index (χ3n) is 4.01. The molecule has 0 saturated carbocycles. The molecule has 26 heavy (non-hydrogen) atoms. The largest absolute Gasteiger partial charge is 0.324 e. The van der Waals surface area contributed by atoms with Crippen LogP contribution >= 0.6 is 11.8 Å². The lowest BCUT2D eigenvalue weighted by atomic mass is 10.1. The maximum Gasteiger partial charge on any atom is 0.289 e. The number of hydrogen-bond donors (Lipinski definition) is 2. The highest BCUT2D eigenvalue weighted by atomic mass is 32.2. The van der Waals surface area contributed by atoms with E-state index in [1.54, 1.807) is 55.4 Å². The SMILES string of the molecule is CNC(C(=O)Nc1ccc(CN2C(=O)CSC2=O)cc1)c1cnn(C)c1. The minimum atomic E-state index is -0.514. The fraction of sp³-hybridized carbons (Fsp3) is 0.294. The topological polar surface area (TPSA) is 96.3 Å². The van der Waals surface area contributed by atoms with Gasteiger partial charge in [0.05, 0.1) is 18.5 Å². The molecule has 0 spiro atoms. The molecule has 1 atom stereocenters. The Hall–Kier alpha value is -2.65. The third kappa shape index (κ3) is 3.94. The van der Waals surface area contributed by atoms with Gasteiger partial charge < -0.3 is 10.6 Å². The first kappa shape index (κ1) is 18.2. The average Bonchev–Trinajstić information content (AvgIpc) is 3.18. The van der Waals surface area contributed by atoms with Gasteiger partial charge in [0.15, 0.2) is 0 Å². The molecule has 1 aromatic carbocycles. The van der Waals surface area contributed by atoms with Gasteiger partial charge in [-0.25, -0.2) is 0 Å². The number of aryl methyl sites for hydroxylation is 1.